The number of anilines is 1. The summed E-state index contributed by atoms with van der Waals surface area (Å²) in [4.78, 5) is 23.9. The van der Waals surface area contributed by atoms with Crippen LogP contribution in [0.3, 0.4) is 0 Å². The molecule has 1 fully saturated rings. The van der Waals surface area contributed by atoms with Gasteiger partial charge in [-0.2, -0.15) is 5.10 Å². The monoisotopic (exact) mass is 396 g/mol. The average Bonchev–Trinajstić information content (AvgIpc) is 3.43. The molecule has 0 spiro atoms. The molecule has 0 aliphatic carbocycles. The van der Waals surface area contributed by atoms with Gasteiger partial charge in [0.05, 0.1) is 29.0 Å². The van der Waals surface area contributed by atoms with Crippen LogP contribution in [-0.4, -0.2) is 48.2 Å². The van der Waals surface area contributed by atoms with Crippen molar-refractivity contribution in [1.82, 2.24) is 35.1 Å². The van der Waals surface area contributed by atoms with E-state index in [4.69, 9.17) is 4.98 Å². The Morgan fingerprint density at radius 1 is 0.933 bits per heavy atom. The molecule has 8 nitrogen and oxygen atoms in total. The molecular weight excluding hydrogens is 376 g/mol. The Balaban J connectivity index is 1.47. The molecule has 0 unspecified atom stereocenters. The van der Waals surface area contributed by atoms with Crippen LogP contribution in [0.25, 0.3) is 44.7 Å². The Bertz CT molecular complexity index is 1330. The predicted molar refractivity (Wildman–Crippen MR) is 116 cm³/mol. The largest absolute Gasteiger partial charge is 0.368 e. The second-order valence-corrected chi connectivity index (χ2v) is 7.62. The number of rotatable bonds is 3. The van der Waals surface area contributed by atoms with Gasteiger partial charge in [-0.25, -0.2) is 9.97 Å². The van der Waals surface area contributed by atoms with Crippen molar-refractivity contribution in [3.05, 3.63) is 49.2 Å². The first-order valence-corrected chi connectivity index (χ1v) is 10.2. The highest BCUT2D eigenvalue weighted by atomic mass is 15.2. The molecule has 1 aliphatic rings. The molecule has 0 aromatic carbocycles. The quantitative estimate of drug-likeness (QED) is 0.479. The summed E-state index contributed by atoms with van der Waals surface area (Å²) < 4.78 is 0. The van der Waals surface area contributed by atoms with Gasteiger partial charge in [-0.3, -0.25) is 15.1 Å². The number of pyridine rings is 3. The van der Waals surface area contributed by atoms with E-state index >= 15 is 0 Å². The van der Waals surface area contributed by atoms with Crippen molar-refractivity contribution in [1.29, 1.82) is 0 Å². The van der Waals surface area contributed by atoms with Crippen molar-refractivity contribution in [2.75, 3.05) is 18.0 Å². The van der Waals surface area contributed by atoms with E-state index in [2.05, 4.69) is 41.1 Å². The Morgan fingerprint density at radius 3 is 2.73 bits per heavy atom. The van der Waals surface area contributed by atoms with Gasteiger partial charge >= 0.3 is 0 Å². The fourth-order valence-corrected chi connectivity index (χ4v) is 4.18. The topological polar surface area (TPSA) is 99.3 Å². The van der Waals surface area contributed by atoms with Crippen molar-refractivity contribution in [2.24, 2.45) is 0 Å². The van der Waals surface area contributed by atoms with Crippen molar-refractivity contribution in [2.45, 2.75) is 19.3 Å². The smallest absolute Gasteiger partial charge is 0.181 e. The van der Waals surface area contributed by atoms with Crippen LogP contribution in [0.1, 0.15) is 19.3 Å². The molecule has 1 aliphatic heterocycles. The second-order valence-electron chi connectivity index (χ2n) is 7.62. The zero-order valence-electron chi connectivity index (χ0n) is 16.3. The maximum Gasteiger partial charge on any atom is 0.181 e. The van der Waals surface area contributed by atoms with E-state index in [0.717, 1.165) is 57.8 Å². The lowest BCUT2D eigenvalue weighted by atomic mass is 10.1. The van der Waals surface area contributed by atoms with Crippen molar-refractivity contribution in [3.63, 3.8) is 0 Å². The number of aromatic nitrogens is 7. The molecule has 8 heteroatoms. The highest BCUT2D eigenvalue weighted by Crippen LogP contribution is 2.32. The molecule has 30 heavy (non-hydrogen) atoms. The summed E-state index contributed by atoms with van der Waals surface area (Å²) in [6.07, 6.45) is 12.9. The SMILES string of the molecule is c1cncc(-c2cnc3n[nH]c(-c4nc5c(N6CCCCC6)cncc5[nH]4)c3c2)c1. The number of nitrogens with one attached hydrogen (secondary N) is 2. The third kappa shape index (κ3) is 2.80. The summed E-state index contributed by atoms with van der Waals surface area (Å²) in [7, 11) is 0. The van der Waals surface area contributed by atoms with Gasteiger partial charge in [0.25, 0.3) is 0 Å². The minimum atomic E-state index is 0.660. The van der Waals surface area contributed by atoms with Gasteiger partial charge in [-0.1, -0.05) is 6.07 Å². The minimum Gasteiger partial charge on any atom is -0.368 e. The third-order valence-electron chi connectivity index (χ3n) is 5.71. The lowest BCUT2D eigenvalue weighted by molar-refractivity contribution is 0.578. The lowest BCUT2D eigenvalue weighted by Gasteiger charge is -2.28. The number of imidazole rings is 1. The van der Waals surface area contributed by atoms with E-state index in [-0.39, 0.29) is 0 Å². The first kappa shape index (κ1) is 17.1. The van der Waals surface area contributed by atoms with E-state index in [0.29, 0.717) is 5.65 Å². The Hall–Kier alpha value is -3.81. The zero-order valence-corrected chi connectivity index (χ0v) is 16.3. The molecule has 2 N–H and O–H groups in total. The zero-order chi connectivity index (χ0) is 19.9. The van der Waals surface area contributed by atoms with Crippen LogP contribution in [0, 0.1) is 0 Å². The molecule has 0 radical (unpaired) electrons. The molecule has 0 atom stereocenters. The summed E-state index contributed by atoms with van der Waals surface area (Å²) in [5, 5.41) is 8.41. The number of fused-ring (bicyclic) bond motifs is 2. The molecule has 5 aromatic rings. The predicted octanol–water partition coefficient (Wildman–Crippen LogP) is 3.95. The third-order valence-corrected chi connectivity index (χ3v) is 5.71. The second kappa shape index (κ2) is 6.91. The molecule has 6 rings (SSSR count). The maximum absolute atomic E-state index is 4.93. The van der Waals surface area contributed by atoms with Gasteiger partial charge in [-0.15, -0.1) is 0 Å². The van der Waals surface area contributed by atoms with Gasteiger partial charge in [-0.05, 0) is 31.4 Å². The van der Waals surface area contributed by atoms with Crippen LogP contribution < -0.4 is 4.90 Å². The van der Waals surface area contributed by atoms with Crippen molar-refractivity contribution < 1.29 is 0 Å². The van der Waals surface area contributed by atoms with E-state index < -0.39 is 0 Å². The highest BCUT2D eigenvalue weighted by molar-refractivity contribution is 5.95. The fraction of sp³-hybridized carbons (Fsp3) is 0.227. The minimum absolute atomic E-state index is 0.660. The van der Waals surface area contributed by atoms with Crippen LogP contribution in [0.5, 0.6) is 0 Å². The summed E-state index contributed by atoms with van der Waals surface area (Å²) in [5.41, 5.74) is 6.45. The van der Waals surface area contributed by atoms with E-state index in [1.54, 1.807) is 6.20 Å². The van der Waals surface area contributed by atoms with Crippen LogP contribution >= 0.6 is 0 Å². The Labute approximate surface area is 172 Å². The van der Waals surface area contributed by atoms with E-state index in [1.807, 2.05) is 36.9 Å². The highest BCUT2D eigenvalue weighted by Gasteiger charge is 2.19. The van der Waals surface area contributed by atoms with E-state index in [1.165, 1.54) is 19.3 Å². The number of nitrogens with zero attached hydrogens (tertiary/aromatic N) is 6. The summed E-state index contributed by atoms with van der Waals surface area (Å²) in [6, 6.07) is 6.02. The fourth-order valence-electron chi connectivity index (χ4n) is 4.18. The Morgan fingerprint density at radius 2 is 1.87 bits per heavy atom. The molecular formula is C22H20N8. The molecule has 0 bridgehead atoms. The maximum atomic E-state index is 4.93. The van der Waals surface area contributed by atoms with Crippen LogP contribution in [0.15, 0.2) is 49.2 Å². The van der Waals surface area contributed by atoms with Crippen molar-refractivity contribution >= 4 is 27.8 Å². The molecule has 6 heterocycles. The Kier molecular flexibility index (Phi) is 3.93. The number of H-pyrrole nitrogens is 2. The molecule has 148 valence electrons. The van der Waals surface area contributed by atoms with Gasteiger partial charge in [0.15, 0.2) is 11.5 Å². The van der Waals surface area contributed by atoms with Gasteiger partial charge in [0, 0.05) is 42.8 Å². The summed E-state index contributed by atoms with van der Waals surface area (Å²) >= 11 is 0. The lowest BCUT2D eigenvalue weighted by Crippen LogP contribution is -2.29. The number of hydrogen-bond acceptors (Lipinski definition) is 6. The summed E-state index contributed by atoms with van der Waals surface area (Å²) in [5.74, 6) is 0.740. The summed E-state index contributed by atoms with van der Waals surface area (Å²) in [6.45, 7) is 2.10. The van der Waals surface area contributed by atoms with E-state index in [9.17, 15) is 0 Å². The average molecular weight is 396 g/mol. The number of hydrogen-bond donors (Lipinski definition) is 2. The normalized spacial score (nSPS) is 14.6. The van der Waals surface area contributed by atoms with Gasteiger partial charge in [0.1, 0.15) is 11.2 Å². The number of aromatic amines is 2. The van der Waals surface area contributed by atoms with Crippen LogP contribution in [0.2, 0.25) is 0 Å². The van der Waals surface area contributed by atoms with Gasteiger partial charge < -0.3 is 9.88 Å². The molecule has 1 saturated heterocycles. The molecule has 0 saturated carbocycles. The standard InChI is InChI=1S/C22H20N8/c1-2-7-30(8-3-1)18-13-24-12-17-20(18)27-22(26-17)19-16-9-15(11-25-21(16)29-28-19)14-5-4-6-23-10-14/h4-6,9-13H,1-3,7-8H2,(H,26,27)(H,25,28,29). The first-order valence-electron chi connectivity index (χ1n) is 10.2. The van der Waals surface area contributed by atoms with Gasteiger partial charge in [0.2, 0.25) is 0 Å². The van der Waals surface area contributed by atoms with Crippen LogP contribution in [-0.2, 0) is 0 Å². The van der Waals surface area contributed by atoms with Crippen molar-refractivity contribution in [3.8, 4) is 22.6 Å². The van der Waals surface area contributed by atoms with Crippen LogP contribution in [0.4, 0.5) is 5.69 Å². The molecule has 5 aromatic heterocycles. The molecule has 0 amide bonds. The first-order chi connectivity index (χ1) is 14.9. The number of piperidine rings is 1.